The summed E-state index contributed by atoms with van der Waals surface area (Å²) in [6.45, 7) is 1.46. The number of rotatable bonds is 3. The van der Waals surface area contributed by atoms with Gasteiger partial charge in [-0.3, -0.25) is 0 Å². The summed E-state index contributed by atoms with van der Waals surface area (Å²) < 4.78 is 0. The van der Waals surface area contributed by atoms with Crippen LogP contribution < -0.4 is 0 Å². The molecule has 9 heteroatoms. The van der Waals surface area contributed by atoms with Crippen LogP contribution in [0.4, 0.5) is 4.79 Å². The zero-order valence-corrected chi connectivity index (χ0v) is 9.39. The third-order valence-electron chi connectivity index (χ3n) is 2.18. The maximum atomic E-state index is 10.1. The molecule has 1 rings (SSSR count). The molecule has 1 heterocycles. The minimum Gasteiger partial charge on any atom is -0.479 e. The van der Waals surface area contributed by atoms with Gasteiger partial charge in [0.25, 0.3) is 0 Å². The minimum absolute atomic E-state index is 0.731. The van der Waals surface area contributed by atoms with E-state index in [2.05, 4.69) is 0 Å². The lowest BCUT2D eigenvalue weighted by Gasteiger charge is -2.07. The van der Waals surface area contributed by atoms with Gasteiger partial charge in [-0.25, -0.2) is 14.4 Å². The average Bonchev–Trinajstić information content (AvgIpc) is 2.81. The van der Waals surface area contributed by atoms with E-state index >= 15 is 0 Å². The van der Waals surface area contributed by atoms with E-state index in [1.807, 2.05) is 0 Å². The first kappa shape index (κ1) is 16.1. The lowest BCUT2D eigenvalue weighted by Crippen LogP contribution is -2.39. The van der Waals surface area contributed by atoms with Crippen LogP contribution in [0.25, 0.3) is 0 Å². The highest BCUT2D eigenvalue weighted by atomic mass is 16.4. The second-order valence-corrected chi connectivity index (χ2v) is 3.54. The summed E-state index contributed by atoms with van der Waals surface area (Å²) in [7, 11) is 0. The number of nitrogens with zero attached hydrogens (tertiary/aromatic N) is 1. The van der Waals surface area contributed by atoms with E-state index < -0.39 is 30.2 Å². The first-order chi connectivity index (χ1) is 8.27. The number of hydrogen-bond acceptors (Lipinski definition) is 5. The molecule has 1 aliphatic heterocycles. The Morgan fingerprint density at radius 3 is 1.33 bits per heavy atom. The van der Waals surface area contributed by atoms with Crippen LogP contribution in [0.15, 0.2) is 0 Å². The monoisotopic (exact) mass is 265 g/mol. The van der Waals surface area contributed by atoms with Gasteiger partial charge in [0.1, 0.15) is 0 Å². The van der Waals surface area contributed by atoms with Gasteiger partial charge < -0.3 is 30.4 Å². The van der Waals surface area contributed by atoms with Crippen molar-refractivity contribution in [3.63, 3.8) is 0 Å². The number of carboxylic acids is 2. The Balaban J connectivity index is 0.000000327. The van der Waals surface area contributed by atoms with Crippen molar-refractivity contribution in [3.05, 3.63) is 0 Å². The first-order valence-corrected chi connectivity index (χ1v) is 5.07. The summed E-state index contributed by atoms with van der Waals surface area (Å²) in [6.07, 6.45) is -3.24. The maximum absolute atomic E-state index is 10.1. The van der Waals surface area contributed by atoms with E-state index in [1.54, 1.807) is 0 Å². The van der Waals surface area contributed by atoms with Crippen LogP contribution in [0.2, 0.25) is 0 Å². The Kier molecular flexibility index (Phi) is 6.68. The molecule has 0 aromatic rings. The van der Waals surface area contributed by atoms with Gasteiger partial charge in [-0.1, -0.05) is 0 Å². The molecule has 9 nitrogen and oxygen atoms in total. The van der Waals surface area contributed by atoms with Crippen molar-refractivity contribution in [2.24, 2.45) is 0 Å². The fourth-order valence-corrected chi connectivity index (χ4v) is 1.18. The van der Waals surface area contributed by atoms with E-state index in [1.165, 1.54) is 4.90 Å². The quantitative estimate of drug-likeness (QED) is 0.418. The predicted molar refractivity (Wildman–Crippen MR) is 56.1 cm³/mol. The average molecular weight is 265 g/mol. The third kappa shape index (κ3) is 5.46. The molecule has 104 valence electrons. The van der Waals surface area contributed by atoms with E-state index in [4.69, 9.17) is 25.5 Å². The number of hydrogen-bond donors (Lipinski definition) is 5. The zero-order chi connectivity index (χ0) is 14.3. The molecule has 1 saturated heterocycles. The van der Waals surface area contributed by atoms with Crippen molar-refractivity contribution in [2.75, 3.05) is 13.1 Å². The SMILES string of the molecule is O=C(O)C(O)C(O)C(=O)O.O=C(O)N1CCCC1. The molecule has 1 fully saturated rings. The Labute approximate surface area is 102 Å². The lowest BCUT2D eigenvalue weighted by atomic mass is 10.2. The highest BCUT2D eigenvalue weighted by molar-refractivity contribution is 5.83. The van der Waals surface area contributed by atoms with Crippen LogP contribution >= 0.6 is 0 Å². The van der Waals surface area contributed by atoms with E-state index in [-0.39, 0.29) is 0 Å². The Morgan fingerprint density at radius 2 is 1.17 bits per heavy atom. The molecule has 1 aliphatic rings. The largest absolute Gasteiger partial charge is 0.479 e. The fourth-order valence-electron chi connectivity index (χ4n) is 1.18. The first-order valence-electron chi connectivity index (χ1n) is 5.07. The van der Waals surface area contributed by atoms with Crippen LogP contribution in [0.3, 0.4) is 0 Å². The molecule has 0 aromatic carbocycles. The van der Waals surface area contributed by atoms with Crippen LogP contribution in [0.5, 0.6) is 0 Å². The van der Waals surface area contributed by atoms with E-state index in [9.17, 15) is 14.4 Å². The van der Waals surface area contributed by atoms with Crippen LogP contribution in [-0.4, -0.2) is 73.8 Å². The molecule has 1 amide bonds. The minimum atomic E-state index is -2.27. The van der Waals surface area contributed by atoms with Gasteiger partial charge in [-0.15, -0.1) is 0 Å². The second kappa shape index (κ2) is 7.45. The molecular weight excluding hydrogens is 250 g/mol. The topological polar surface area (TPSA) is 156 Å². The predicted octanol–water partition coefficient (Wildman–Crippen LogP) is -1.36. The Bertz CT molecular complexity index is 294. The van der Waals surface area contributed by atoms with Gasteiger partial charge in [-0.05, 0) is 12.8 Å². The molecule has 5 N–H and O–H groups in total. The van der Waals surface area contributed by atoms with Gasteiger partial charge in [0.15, 0.2) is 12.2 Å². The molecule has 0 saturated carbocycles. The number of likely N-dealkylation sites (tertiary alicyclic amines) is 1. The number of carboxylic acid groups (broad SMARTS) is 3. The van der Waals surface area contributed by atoms with Gasteiger partial charge in [0.05, 0.1) is 0 Å². The third-order valence-corrected chi connectivity index (χ3v) is 2.18. The summed E-state index contributed by atoms with van der Waals surface area (Å²) in [5.74, 6) is -3.54. The van der Waals surface area contributed by atoms with Crippen LogP contribution in [0, 0.1) is 0 Å². The Hall–Kier alpha value is -1.87. The van der Waals surface area contributed by atoms with E-state index in [0.29, 0.717) is 0 Å². The summed E-state index contributed by atoms with van der Waals surface area (Å²) in [5.41, 5.74) is 0. The van der Waals surface area contributed by atoms with E-state index in [0.717, 1.165) is 25.9 Å². The molecule has 0 aromatic heterocycles. The number of aliphatic hydroxyl groups excluding tert-OH is 2. The summed E-state index contributed by atoms with van der Waals surface area (Å²) >= 11 is 0. The number of aliphatic carboxylic acids is 2. The van der Waals surface area contributed by atoms with Crippen LogP contribution in [0.1, 0.15) is 12.8 Å². The van der Waals surface area contributed by atoms with Crippen molar-refractivity contribution >= 4 is 18.0 Å². The molecular formula is C9H15NO8. The Morgan fingerprint density at radius 1 is 0.833 bits per heavy atom. The maximum Gasteiger partial charge on any atom is 0.407 e. The van der Waals surface area contributed by atoms with Gasteiger partial charge in [-0.2, -0.15) is 0 Å². The normalized spacial score (nSPS) is 17.3. The standard InChI is InChI=1S/C5H9NO2.C4H6O6/c7-5(8)6-3-1-2-4-6;5-1(3(7)8)2(6)4(9)10/h1-4H2,(H,7,8);1-2,5-6H,(H,7,8)(H,9,10). The van der Waals surface area contributed by atoms with Gasteiger partial charge in [0, 0.05) is 13.1 Å². The summed E-state index contributed by atoms with van der Waals surface area (Å²) in [4.78, 5) is 31.1. The summed E-state index contributed by atoms with van der Waals surface area (Å²) in [5, 5.41) is 40.9. The number of amides is 1. The lowest BCUT2D eigenvalue weighted by molar-refractivity contribution is -0.165. The van der Waals surface area contributed by atoms with Crippen molar-refractivity contribution in [1.29, 1.82) is 0 Å². The summed E-state index contributed by atoms with van der Waals surface area (Å²) in [6, 6.07) is 0. The number of carbonyl (C=O) groups is 3. The molecule has 0 bridgehead atoms. The molecule has 0 radical (unpaired) electrons. The molecule has 2 atom stereocenters. The van der Waals surface area contributed by atoms with Crippen molar-refractivity contribution in [2.45, 2.75) is 25.0 Å². The van der Waals surface area contributed by atoms with Crippen molar-refractivity contribution in [1.82, 2.24) is 4.90 Å². The second-order valence-electron chi connectivity index (χ2n) is 3.54. The zero-order valence-electron chi connectivity index (χ0n) is 9.39. The molecule has 2 unspecified atom stereocenters. The highest BCUT2D eigenvalue weighted by Crippen LogP contribution is 2.05. The van der Waals surface area contributed by atoms with Crippen molar-refractivity contribution in [3.8, 4) is 0 Å². The van der Waals surface area contributed by atoms with Gasteiger partial charge >= 0.3 is 18.0 Å². The smallest absolute Gasteiger partial charge is 0.407 e. The molecule has 18 heavy (non-hydrogen) atoms. The van der Waals surface area contributed by atoms with Crippen molar-refractivity contribution < 1.29 is 39.9 Å². The number of aliphatic hydroxyl groups is 2. The fraction of sp³-hybridized carbons (Fsp3) is 0.667. The molecule has 0 aliphatic carbocycles. The highest BCUT2D eigenvalue weighted by Gasteiger charge is 2.29. The molecule has 0 spiro atoms. The van der Waals surface area contributed by atoms with Crippen LogP contribution in [-0.2, 0) is 9.59 Å². The van der Waals surface area contributed by atoms with Gasteiger partial charge in [0.2, 0.25) is 0 Å².